The van der Waals surface area contributed by atoms with E-state index in [1.165, 1.54) is 23.3 Å². The lowest BCUT2D eigenvalue weighted by molar-refractivity contribution is 0.0761. The zero-order chi connectivity index (χ0) is 22.9. The summed E-state index contributed by atoms with van der Waals surface area (Å²) in [5, 5.41) is 3.89. The fraction of sp³-hybridized carbons (Fsp3) is 0.556. The third kappa shape index (κ3) is 4.78. The van der Waals surface area contributed by atoms with Gasteiger partial charge in [-0.25, -0.2) is 0 Å². The van der Waals surface area contributed by atoms with Crippen LogP contribution in [0.5, 0.6) is 0 Å². The molecule has 1 N–H and O–H groups in total. The summed E-state index contributed by atoms with van der Waals surface area (Å²) < 4.78 is 0. The molecule has 1 aliphatic heterocycles. The molecule has 4 rings (SSSR count). The van der Waals surface area contributed by atoms with Crippen molar-refractivity contribution in [1.82, 2.24) is 4.90 Å². The first-order chi connectivity index (χ1) is 15.3. The van der Waals surface area contributed by atoms with Gasteiger partial charge in [-0.15, -0.1) is 11.3 Å². The number of hydrogen-bond acceptors (Lipinski definition) is 3. The van der Waals surface area contributed by atoms with Crippen molar-refractivity contribution < 1.29 is 9.59 Å². The minimum Gasteiger partial charge on any atom is -0.339 e. The molecule has 0 saturated carbocycles. The van der Waals surface area contributed by atoms with E-state index in [9.17, 15) is 9.59 Å². The van der Waals surface area contributed by atoms with Crippen LogP contribution < -0.4 is 5.32 Å². The lowest BCUT2D eigenvalue weighted by atomic mass is 9.72. The average Bonchev–Trinajstić information content (AvgIpc) is 2.90. The van der Waals surface area contributed by atoms with Crippen molar-refractivity contribution in [2.75, 3.05) is 18.4 Å². The van der Waals surface area contributed by atoms with Gasteiger partial charge in [0.15, 0.2) is 0 Å². The molecule has 2 amide bonds. The second kappa shape index (κ2) is 9.38. The number of thiophene rings is 1. The van der Waals surface area contributed by atoms with Gasteiger partial charge in [0.2, 0.25) is 0 Å². The number of fused-ring (bicyclic) bond motifs is 1. The maximum Gasteiger partial charge on any atom is 0.257 e. The lowest BCUT2D eigenvalue weighted by Crippen LogP contribution is -2.33. The van der Waals surface area contributed by atoms with E-state index in [1.807, 2.05) is 36.1 Å². The van der Waals surface area contributed by atoms with Crippen LogP contribution in [0.25, 0.3) is 0 Å². The summed E-state index contributed by atoms with van der Waals surface area (Å²) in [6.07, 6.45) is 7.51. The molecule has 172 valence electrons. The van der Waals surface area contributed by atoms with E-state index in [-0.39, 0.29) is 17.2 Å². The first kappa shape index (κ1) is 23.0. The number of carbonyl (C=O) groups is 2. The van der Waals surface area contributed by atoms with Crippen molar-refractivity contribution >= 4 is 28.2 Å². The van der Waals surface area contributed by atoms with E-state index in [0.717, 1.165) is 61.3 Å². The zero-order valence-corrected chi connectivity index (χ0v) is 20.7. The molecule has 5 heteroatoms. The maximum absolute atomic E-state index is 13.8. The van der Waals surface area contributed by atoms with Crippen LogP contribution in [0, 0.1) is 18.3 Å². The molecule has 2 aliphatic rings. The highest BCUT2D eigenvalue weighted by Crippen LogP contribution is 2.45. The number of nitrogens with one attached hydrogen (secondary N) is 1. The Morgan fingerprint density at radius 1 is 1.06 bits per heavy atom. The van der Waals surface area contributed by atoms with Crippen molar-refractivity contribution in [3.63, 3.8) is 0 Å². The van der Waals surface area contributed by atoms with E-state index in [4.69, 9.17) is 0 Å². The number of amides is 2. The minimum absolute atomic E-state index is 0.110. The smallest absolute Gasteiger partial charge is 0.257 e. The molecule has 0 bridgehead atoms. The molecule has 0 radical (unpaired) electrons. The summed E-state index contributed by atoms with van der Waals surface area (Å²) in [5.41, 5.74) is 3.80. The standard InChI is InChI=1S/C27H36N2O2S/c1-18-11-7-8-12-20(18)24(30)28-25-23(26(31)29-15-9-5-6-10-16-29)21-14-13-19(27(2,3)4)17-22(21)32-25/h7-8,11-12,19H,5-6,9-10,13-17H2,1-4H3,(H,28,30). The summed E-state index contributed by atoms with van der Waals surface area (Å²) in [7, 11) is 0. The van der Waals surface area contributed by atoms with Crippen LogP contribution in [-0.2, 0) is 12.8 Å². The molecule has 2 heterocycles. The molecule has 2 aromatic rings. The Labute approximate surface area is 196 Å². The Morgan fingerprint density at radius 2 is 1.75 bits per heavy atom. The normalized spacial score (nSPS) is 19.2. The maximum atomic E-state index is 13.8. The monoisotopic (exact) mass is 452 g/mol. The molecule has 32 heavy (non-hydrogen) atoms. The number of likely N-dealkylation sites (tertiary alicyclic amines) is 1. The number of nitrogens with zero attached hydrogens (tertiary/aromatic N) is 1. The van der Waals surface area contributed by atoms with Gasteiger partial charge in [0.25, 0.3) is 11.8 Å². The van der Waals surface area contributed by atoms with E-state index in [0.29, 0.717) is 11.5 Å². The molecule has 0 spiro atoms. The quantitative estimate of drug-likeness (QED) is 0.580. The van der Waals surface area contributed by atoms with Crippen LogP contribution in [0.15, 0.2) is 24.3 Å². The number of benzene rings is 1. The Hall–Kier alpha value is -2.14. The lowest BCUT2D eigenvalue weighted by Gasteiger charge is -2.34. The number of hydrogen-bond donors (Lipinski definition) is 1. The van der Waals surface area contributed by atoms with Crippen LogP contribution in [0.4, 0.5) is 5.00 Å². The highest BCUT2D eigenvalue weighted by molar-refractivity contribution is 7.17. The third-order valence-corrected chi connectivity index (χ3v) is 8.38. The molecule has 1 aromatic carbocycles. The Kier molecular flexibility index (Phi) is 6.75. The number of aryl methyl sites for hydroxylation is 1. The van der Waals surface area contributed by atoms with Crippen LogP contribution in [0.1, 0.15) is 89.6 Å². The highest BCUT2D eigenvalue weighted by atomic mass is 32.1. The fourth-order valence-corrected chi connectivity index (χ4v) is 6.38. The highest BCUT2D eigenvalue weighted by Gasteiger charge is 2.35. The number of rotatable bonds is 3. The Bertz CT molecular complexity index is 994. The second-order valence-corrected chi connectivity index (χ2v) is 11.6. The fourth-order valence-electron chi connectivity index (χ4n) is 5.07. The topological polar surface area (TPSA) is 49.4 Å². The van der Waals surface area contributed by atoms with Gasteiger partial charge in [0.05, 0.1) is 5.56 Å². The van der Waals surface area contributed by atoms with Gasteiger partial charge >= 0.3 is 0 Å². The van der Waals surface area contributed by atoms with Crippen LogP contribution in [0.2, 0.25) is 0 Å². The largest absolute Gasteiger partial charge is 0.339 e. The molecule has 1 unspecified atom stereocenters. The van der Waals surface area contributed by atoms with Crippen molar-refractivity contribution in [2.24, 2.45) is 11.3 Å². The average molecular weight is 453 g/mol. The van der Waals surface area contributed by atoms with Crippen LogP contribution >= 0.6 is 11.3 Å². The molecule has 1 fully saturated rings. The molecule has 1 saturated heterocycles. The third-order valence-electron chi connectivity index (χ3n) is 7.21. The predicted octanol–water partition coefficient (Wildman–Crippen LogP) is 6.48. The van der Waals surface area contributed by atoms with Crippen LogP contribution in [-0.4, -0.2) is 29.8 Å². The van der Waals surface area contributed by atoms with E-state index < -0.39 is 0 Å². The van der Waals surface area contributed by atoms with Crippen molar-refractivity contribution in [3.05, 3.63) is 51.4 Å². The van der Waals surface area contributed by atoms with Gasteiger partial charge in [-0.1, -0.05) is 51.8 Å². The number of carbonyl (C=O) groups excluding carboxylic acids is 2. The van der Waals surface area contributed by atoms with Gasteiger partial charge in [0, 0.05) is 23.5 Å². The van der Waals surface area contributed by atoms with Gasteiger partial charge in [-0.3, -0.25) is 9.59 Å². The van der Waals surface area contributed by atoms with Crippen molar-refractivity contribution in [1.29, 1.82) is 0 Å². The second-order valence-electron chi connectivity index (χ2n) is 10.5. The van der Waals surface area contributed by atoms with Crippen LogP contribution in [0.3, 0.4) is 0 Å². The van der Waals surface area contributed by atoms with E-state index in [2.05, 4.69) is 26.1 Å². The zero-order valence-electron chi connectivity index (χ0n) is 19.9. The molecular weight excluding hydrogens is 416 g/mol. The van der Waals surface area contributed by atoms with Gasteiger partial charge < -0.3 is 10.2 Å². The van der Waals surface area contributed by atoms with Crippen molar-refractivity contribution in [3.8, 4) is 0 Å². The van der Waals surface area contributed by atoms with Gasteiger partial charge in [0.1, 0.15) is 5.00 Å². The van der Waals surface area contributed by atoms with Crippen molar-refractivity contribution in [2.45, 2.75) is 72.6 Å². The summed E-state index contributed by atoms with van der Waals surface area (Å²) in [6, 6.07) is 7.63. The molecular formula is C27H36N2O2S. The first-order valence-electron chi connectivity index (χ1n) is 12.1. The predicted molar refractivity (Wildman–Crippen MR) is 133 cm³/mol. The van der Waals surface area contributed by atoms with Gasteiger partial charge in [-0.2, -0.15) is 0 Å². The summed E-state index contributed by atoms with van der Waals surface area (Å²) >= 11 is 1.63. The summed E-state index contributed by atoms with van der Waals surface area (Å²) in [4.78, 5) is 30.2. The summed E-state index contributed by atoms with van der Waals surface area (Å²) in [5.74, 6) is 0.576. The molecule has 1 aromatic heterocycles. The molecule has 1 aliphatic carbocycles. The number of anilines is 1. The SMILES string of the molecule is Cc1ccccc1C(=O)Nc1sc2c(c1C(=O)N1CCCCCC1)CCC(C(C)(C)C)C2. The Morgan fingerprint density at radius 3 is 2.41 bits per heavy atom. The van der Waals surface area contributed by atoms with E-state index in [1.54, 1.807) is 11.3 Å². The first-order valence-corrected chi connectivity index (χ1v) is 12.9. The Balaban J connectivity index is 1.70. The van der Waals surface area contributed by atoms with E-state index >= 15 is 0 Å². The van der Waals surface area contributed by atoms with Gasteiger partial charge in [-0.05, 0) is 67.6 Å². The molecule has 1 atom stereocenters. The molecule has 4 nitrogen and oxygen atoms in total. The summed E-state index contributed by atoms with van der Waals surface area (Å²) in [6.45, 7) is 10.5. The minimum atomic E-state index is -0.126.